The van der Waals surface area contributed by atoms with Crippen LogP contribution in [0.2, 0.25) is 0 Å². The summed E-state index contributed by atoms with van der Waals surface area (Å²) in [6, 6.07) is 8.43. The number of aromatic amines is 1. The zero-order valence-corrected chi connectivity index (χ0v) is 11.5. The molecular formula is C15H13N3O3. The Morgan fingerprint density at radius 1 is 1.19 bits per heavy atom. The second-order valence-electron chi connectivity index (χ2n) is 4.91. The van der Waals surface area contributed by atoms with Crippen molar-refractivity contribution in [2.24, 2.45) is 7.05 Å². The Kier molecular flexibility index (Phi) is 2.86. The first-order chi connectivity index (χ1) is 9.97. The lowest BCUT2D eigenvalue weighted by Crippen LogP contribution is -2.28. The van der Waals surface area contributed by atoms with Gasteiger partial charge in [0.15, 0.2) is 0 Å². The Labute approximate surface area is 119 Å². The number of phenolic OH excluding ortho intramolecular Hbond substituents is 1. The highest BCUT2D eigenvalue weighted by Gasteiger charge is 2.11. The Morgan fingerprint density at radius 3 is 2.71 bits per heavy atom. The zero-order chi connectivity index (χ0) is 15.1. The number of aryl methyl sites for hydroxylation is 2. The van der Waals surface area contributed by atoms with Crippen LogP contribution in [0.15, 0.2) is 39.9 Å². The third kappa shape index (κ3) is 2.10. The fourth-order valence-corrected chi connectivity index (χ4v) is 2.23. The average Bonchev–Trinajstić information content (AvgIpc) is 2.47. The molecule has 1 aromatic carbocycles. The van der Waals surface area contributed by atoms with Gasteiger partial charge in [-0.1, -0.05) is 11.6 Å². The Bertz CT molecular complexity index is 970. The molecule has 2 N–H and O–H groups in total. The van der Waals surface area contributed by atoms with Gasteiger partial charge in [-0.3, -0.25) is 14.3 Å². The van der Waals surface area contributed by atoms with Gasteiger partial charge >= 0.3 is 5.69 Å². The van der Waals surface area contributed by atoms with Crippen LogP contribution in [0.1, 0.15) is 5.56 Å². The van der Waals surface area contributed by atoms with Crippen LogP contribution in [0.5, 0.6) is 5.75 Å². The molecule has 6 heteroatoms. The normalized spacial score (nSPS) is 11.0. The Morgan fingerprint density at radius 2 is 1.95 bits per heavy atom. The van der Waals surface area contributed by atoms with Crippen molar-refractivity contribution in [1.82, 2.24) is 14.5 Å². The Hall–Kier alpha value is -2.89. The minimum absolute atomic E-state index is 0.0993. The highest BCUT2D eigenvalue weighted by molar-refractivity contribution is 5.79. The molecular weight excluding hydrogens is 270 g/mol. The minimum atomic E-state index is -0.523. The van der Waals surface area contributed by atoms with Gasteiger partial charge < -0.3 is 5.11 Å². The van der Waals surface area contributed by atoms with Crippen molar-refractivity contribution in [3.8, 4) is 17.0 Å². The van der Waals surface area contributed by atoms with Gasteiger partial charge in [-0.15, -0.1) is 0 Å². The number of benzene rings is 1. The average molecular weight is 283 g/mol. The van der Waals surface area contributed by atoms with E-state index in [-0.39, 0.29) is 11.4 Å². The number of hydrogen-bond acceptors (Lipinski definition) is 4. The molecule has 0 amide bonds. The first-order valence-electron chi connectivity index (χ1n) is 6.37. The summed E-state index contributed by atoms with van der Waals surface area (Å²) in [4.78, 5) is 30.0. The fraction of sp³-hybridized carbons (Fsp3) is 0.133. The van der Waals surface area contributed by atoms with Gasteiger partial charge in [0, 0.05) is 12.6 Å². The van der Waals surface area contributed by atoms with E-state index in [1.165, 1.54) is 11.6 Å². The number of fused-ring (bicyclic) bond motifs is 1. The number of aromatic nitrogens is 3. The molecule has 0 radical (unpaired) electrons. The molecule has 0 spiro atoms. The van der Waals surface area contributed by atoms with Crippen LogP contribution < -0.4 is 11.2 Å². The molecule has 0 aliphatic carbocycles. The van der Waals surface area contributed by atoms with Crippen LogP contribution in [0.4, 0.5) is 0 Å². The van der Waals surface area contributed by atoms with E-state index >= 15 is 0 Å². The van der Waals surface area contributed by atoms with Gasteiger partial charge in [0.2, 0.25) is 0 Å². The van der Waals surface area contributed by atoms with Crippen molar-refractivity contribution in [3.63, 3.8) is 0 Å². The summed E-state index contributed by atoms with van der Waals surface area (Å²) in [6.07, 6.45) is 0. The molecule has 0 unspecified atom stereocenters. The van der Waals surface area contributed by atoms with Crippen LogP contribution in [0.25, 0.3) is 22.3 Å². The van der Waals surface area contributed by atoms with E-state index in [9.17, 15) is 14.7 Å². The molecule has 2 aromatic heterocycles. The second-order valence-corrected chi connectivity index (χ2v) is 4.91. The topological polar surface area (TPSA) is 88.0 Å². The number of phenols is 1. The molecule has 3 aromatic rings. The third-order valence-corrected chi connectivity index (χ3v) is 3.39. The van der Waals surface area contributed by atoms with E-state index in [4.69, 9.17) is 0 Å². The summed E-state index contributed by atoms with van der Waals surface area (Å²) in [5, 5.41) is 10.3. The van der Waals surface area contributed by atoms with Crippen LogP contribution >= 0.6 is 0 Å². The molecule has 0 aliphatic rings. The largest absolute Gasteiger partial charge is 0.507 e. The van der Waals surface area contributed by atoms with E-state index in [1.54, 1.807) is 30.3 Å². The molecule has 3 rings (SSSR count). The van der Waals surface area contributed by atoms with E-state index < -0.39 is 11.2 Å². The van der Waals surface area contributed by atoms with Gasteiger partial charge in [-0.2, -0.15) is 0 Å². The van der Waals surface area contributed by atoms with Crippen LogP contribution in [0.3, 0.4) is 0 Å². The number of rotatable bonds is 1. The quantitative estimate of drug-likeness (QED) is 0.704. The molecule has 106 valence electrons. The van der Waals surface area contributed by atoms with Gasteiger partial charge in [-0.25, -0.2) is 9.78 Å². The minimum Gasteiger partial charge on any atom is -0.507 e. The third-order valence-electron chi connectivity index (χ3n) is 3.39. The predicted octanol–water partition coefficient (Wildman–Crippen LogP) is 1.30. The summed E-state index contributed by atoms with van der Waals surface area (Å²) < 4.78 is 1.27. The first-order valence-corrected chi connectivity index (χ1v) is 6.37. The SMILES string of the molecule is Cc1ccc(O)c(-c2ccc3c(=O)[nH]c(=O)n(C)c3n2)c1. The molecule has 0 atom stereocenters. The van der Waals surface area contributed by atoms with Crippen molar-refractivity contribution >= 4 is 11.0 Å². The predicted molar refractivity (Wildman–Crippen MR) is 79.4 cm³/mol. The maximum atomic E-state index is 11.8. The number of pyridine rings is 1. The molecule has 6 nitrogen and oxygen atoms in total. The first kappa shape index (κ1) is 13.1. The molecule has 21 heavy (non-hydrogen) atoms. The molecule has 2 heterocycles. The van der Waals surface area contributed by atoms with Crippen LogP contribution in [-0.4, -0.2) is 19.6 Å². The van der Waals surface area contributed by atoms with Gasteiger partial charge in [-0.05, 0) is 31.2 Å². The standard InChI is InChI=1S/C15H13N3O3/c1-8-3-6-12(19)10(7-8)11-5-4-9-13(16-11)18(2)15(21)17-14(9)20/h3-7,19H,1-2H3,(H,17,20,21). The molecule has 0 saturated heterocycles. The van der Waals surface area contributed by atoms with Gasteiger partial charge in [0.1, 0.15) is 11.4 Å². The van der Waals surface area contributed by atoms with Crippen LogP contribution in [0, 0.1) is 6.92 Å². The lowest BCUT2D eigenvalue weighted by Gasteiger charge is -2.08. The summed E-state index contributed by atoms with van der Waals surface area (Å²) in [7, 11) is 1.54. The molecule has 0 fully saturated rings. The zero-order valence-electron chi connectivity index (χ0n) is 11.5. The summed E-state index contributed by atoms with van der Waals surface area (Å²) >= 11 is 0. The lowest BCUT2D eigenvalue weighted by molar-refractivity contribution is 0.477. The molecule has 0 saturated carbocycles. The van der Waals surface area contributed by atoms with Crippen molar-refractivity contribution in [2.75, 3.05) is 0 Å². The smallest absolute Gasteiger partial charge is 0.329 e. The van der Waals surface area contributed by atoms with Crippen molar-refractivity contribution in [1.29, 1.82) is 0 Å². The van der Waals surface area contributed by atoms with E-state index in [1.807, 2.05) is 6.92 Å². The van der Waals surface area contributed by atoms with Crippen molar-refractivity contribution in [3.05, 3.63) is 56.7 Å². The maximum absolute atomic E-state index is 11.8. The highest BCUT2D eigenvalue weighted by Crippen LogP contribution is 2.29. The van der Waals surface area contributed by atoms with Gasteiger partial charge in [0.05, 0.1) is 11.1 Å². The summed E-state index contributed by atoms with van der Waals surface area (Å²) in [6.45, 7) is 1.91. The number of aromatic hydroxyl groups is 1. The molecule has 0 aliphatic heterocycles. The highest BCUT2D eigenvalue weighted by atomic mass is 16.3. The van der Waals surface area contributed by atoms with E-state index in [0.717, 1.165) is 5.56 Å². The number of H-pyrrole nitrogens is 1. The van der Waals surface area contributed by atoms with E-state index in [2.05, 4.69) is 9.97 Å². The van der Waals surface area contributed by atoms with Gasteiger partial charge in [0.25, 0.3) is 5.56 Å². The summed E-state index contributed by atoms with van der Waals surface area (Å²) in [5.41, 5.74) is 1.33. The summed E-state index contributed by atoms with van der Waals surface area (Å²) in [5.74, 6) is 0.0993. The maximum Gasteiger partial charge on any atom is 0.329 e. The second kappa shape index (κ2) is 4.59. The van der Waals surface area contributed by atoms with E-state index in [0.29, 0.717) is 16.6 Å². The van der Waals surface area contributed by atoms with Crippen molar-refractivity contribution < 1.29 is 5.11 Å². The molecule has 0 bridgehead atoms. The number of nitrogens with one attached hydrogen (secondary N) is 1. The monoisotopic (exact) mass is 283 g/mol. The van der Waals surface area contributed by atoms with Crippen LogP contribution in [-0.2, 0) is 7.05 Å². The van der Waals surface area contributed by atoms with Crippen molar-refractivity contribution in [2.45, 2.75) is 6.92 Å². The number of nitrogens with zero attached hydrogens (tertiary/aromatic N) is 2. The fourth-order valence-electron chi connectivity index (χ4n) is 2.23. The Balaban J connectivity index is 2.36. The number of hydrogen-bond donors (Lipinski definition) is 2. The lowest BCUT2D eigenvalue weighted by atomic mass is 10.1.